The zero-order chi connectivity index (χ0) is 14.8. The number of nitrogens with zero attached hydrogens (tertiary/aromatic N) is 2. The third-order valence-electron chi connectivity index (χ3n) is 2.84. The highest BCUT2D eigenvalue weighted by Crippen LogP contribution is 2.12. The summed E-state index contributed by atoms with van der Waals surface area (Å²) in [5.74, 6) is 6.70. The summed E-state index contributed by atoms with van der Waals surface area (Å²) in [5.41, 5.74) is 6.30. The van der Waals surface area contributed by atoms with Gasteiger partial charge in [-0.3, -0.25) is 0 Å². The van der Waals surface area contributed by atoms with Gasteiger partial charge in [-0.15, -0.1) is 0 Å². The first-order valence-corrected chi connectivity index (χ1v) is 6.87. The largest absolute Gasteiger partial charge is 0.492 e. The van der Waals surface area contributed by atoms with Crippen LogP contribution in [0.3, 0.4) is 0 Å². The third-order valence-corrected chi connectivity index (χ3v) is 2.84. The first-order chi connectivity index (χ1) is 9.61. The molecule has 0 saturated carbocycles. The minimum Gasteiger partial charge on any atom is -0.492 e. The Hall–Kier alpha value is -1.54. The zero-order valence-corrected chi connectivity index (χ0v) is 12.7. The lowest BCUT2D eigenvalue weighted by molar-refractivity contribution is 0.222. The van der Waals surface area contributed by atoms with Crippen molar-refractivity contribution in [2.75, 3.05) is 53.9 Å². The maximum atomic E-state index is 5.75. The Morgan fingerprint density at radius 3 is 2.65 bits per heavy atom. The molecular weight excluding hydrogens is 250 g/mol. The molecule has 20 heavy (non-hydrogen) atoms. The fraction of sp³-hybridized carbons (Fsp3) is 0.500. The molecule has 0 radical (unpaired) electrons. The molecule has 0 fully saturated rings. The Morgan fingerprint density at radius 2 is 1.95 bits per heavy atom. The van der Waals surface area contributed by atoms with Crippen LogP contribution < -0.4 is 10.5 Å². The van der Waals surface area contributed by atoms with Crippen molar-refractivity contribution < 1.29 is 4.74 Å². The topological polar surface area (TPSA) is 41.7 Å². The molecule has 0 aliphatic carbocycles. The van der Waals surface area contributed by atoms with E-state index in [1.165, 1.54) is 0 Å². The van der Waals surface area contributed by atoms with E-state index >= 15 is 0 Å². The van der Waals surface area contributed by atoms with Gasteiger partial charge >= 0.3 is 0 Å². The van der Waals surface area contributed by atoms with Crippen molar-refractivity contribution >= 4 is 0 Å². The lowest BCUT2D eigenvalue weighted by Crippen LogP contribution is -2.31. The SMILES string of the molecule is CN(C)CCN(C)CCOc1cccc(C#CCN)c1. The van der Waals surface area contributed by atoms with E-state index in [0.29, 0.717) is 13.2 Å². The first-order valence-electron chi connectivity index (χ1n) is 6.87. The van der Waals surface area contributed by atoms with Gasteiger partial charge in [0.15, 0.2) is 0 Å². The molecule has 4 heteroatoms. The Kier molecular flexibility index (Phi) is 7.74. The molecule has 0 saturated heterocycles. The number of benzene rings is 1. The second kappa shape index (κ2) is 9.38. The van der Waals surface area contributed by atoms with Gasteiger partial charge in [-0.2, -0.15) is 0 Å². The minimum absolute atomic E-state index is 0.377. The van der Waals surface area contributed by atoms with Gasteiger partial charge in [0.05, 0.1) is 6.54 Å². The molecule has 4 nitrogen and oxygen atoms in total. The van der Waals surface area contributed by atoms with Gasteiger partial charge in [-0.05, 0) is 39.3 Å². The molecule has 1 rings (SSSR count). The van der Waals surface area contributed by atoms with E-state index < -0.39 is 0 Å². The minimum atomic E-state index is 0.377. The fourth-order valence-corrected chi connectivity index (χ4v) is 1.62. The lowest BCUT2D eigenvalue weighted by Gasteiger charge is -2.19. The van der Waals surface area contributed by atoms with Crippen LogP contribution in [-0.2, 0) is 0 Å². The van der Waals surface area contributed by atoms with Crippen molar-refractivity contribution in [3.63, 3.8) is 0 Å². The van der Waals surface area contributed by atoms with Gasteiger partial charge < -0.3 is 20.3 Å². The van der Waals surface area contributed by atoms with E-state index in [-0.39, 0.29) is 0 Å². The first kappa shape index (κ1) is 16.5. The Bertz CT molecular complexity index is 449. The van der Waals surface area contributed by atoms with Crippen LogP contribution in [-0.4, -0.2) is 63.7 Å². The fourth-order valence-electron chi connectivity index (χ4n) is 1.62. The van der Waals surface area contributed by atoms with Crippen LogP contribution in [0.4, 0.5) is 0 Å². The standard InChI is InChI=1S/C16H25N3O/c1-18(2)10-11-19(3)12-13-20-16-8-4-6-15(14-16)7-5-9-17/h4,6,8,14H,9-13,17H2,1-3H3. The summed E-state index contributed by atoms with van der Waals surface area (Å²) in [4.78, 5) is 4.44. The second-order valence-corrected chi connectivity index (χ2v) is 4.99. The van der Waals surface area contributed by atoms with Crippen LogP contribution in [0.25, 0.3) is 0 Å². The van der Waals surface area contributed by atoms with Crippen molar-refractivity contribution in [3.05, 3.63) is 29.8 Å². The molecule has 0 bridgehead atoms. The summed E-state index contributed by atoms with van der Waals surface area (Å²) in [6, 6.07) is 7.81. The van der Waals surface area contributed by atoms with Crippen molar-refractivity contribution in [2.24, 2.45) is 5.73 Å². The second-order valence-electron chi connectivity index (χ2n) is 4.99. The van der Waals surface area contributed by atoms with Crippen LogP contribution >= 0.6 is 0 Å². The van der Waals surface area contributed by atoms with E-state index in [9.17, 15) is 0 Å². The van der Waals surface area contributed by atoms with E-state index in [1.807, 2.05) is 24.3 Å². The number of nitrogens with two attached hydrogens (primary N) is 1. The van der Waals surface area contributed by atoms with Crippen LogP contribution in [0.15, 0.2) is 24.3 Å². The molecule has 0 amide bonds. The van der Waals surface area contributed by atoms with Crippen LogP contribution in [0.2, 0.25) is 0 Å². The highest BCUT2D eigenvalue weighted by molar-refractivity contribution is 5.39. The summed E-state index contributed by atoms with van der Waals surface area (Å²) in [6.45, 7) is 4.06. The molecule has 0 unspecified atom stereocenters. The predicted molar refractivity (Wildman–Crippen MR) is 83.9 cm³/mol. The molecule has 1 aromatic rings. The molecule has 0 aliphatic rings. The van der Waals surface area contributed by atoms with Gasteiger partial charge in [-0.1, -0.05) is 17.9 Å². The van der Waals surface area contributed by atoms with Crippen molar-refractivity contribution in [2.45, 2.75) is 0 Å². The smallest absolute Gasteiger partial charge is 0.120 e. The quantitative estimate of drug-likeness (QED) is 0.750. The Labute approximate surface area is 122 Å². The average Bonchev–Trinajstić information content (AvgIpc) is 2.43. The maximum absolute atomic E-state index is 5.75. The monoisotopic (exact) mass is 275 g/mol. The number of ether oxygens (including phenoxy) is 1. The zero-order valence-electron chi connectivity index (χ0n) is 12.7. The number of rotatable bonds is 7. The number of hydrogen-bond acceptors (Lipinski definition) is 4. The Balaban J connectivity index is 2.34. The van der Waals surface area contributed by atoms with Gasteiger partial charge in [-0.25, -0.2) is 0 Å². The van der Waals surface area contributed by atoms with E-state index in [0.717, 1.165) is 30.9 Å². The highest BCUT2D eigenvalue weighted by atomic mass is 16.5. The van der Waals surface area contributed by atoms with Crippen LogP contribution in [0, 0.1) is 11.8 Å². The summed E-state index contributed by atoms with van der Waals surface area (Å²) in [7, 11) is 6.27. The van der Waals surface area contributed by atoms with Crippen LogP contribution in [0.1, 0.15) is 5.56 Å². The predicted octanol–water partition coefficient (Wildman–Crippen LogP) is 0.869. The highest BCUT2D eigenvalue weighted by Gasteiger charge is 2.00. The summed E-state index contributed by atoms with van der Waals surface area (Å²) in [6.07, 6.45) is 0. The normalized spacial score (nSPS) is 10.5. The van der Waals surface area contributed by atoms with E-state index in [1.54, 1.807) is 0 Å². The van der Waals surface area contributed by atoms with Gasteiger partial charge in [0.1, 0.15) is 12.4 Å². The molecule has 1 aromatic carbocycles. The number of likely N-dealkylation sites (N-methyl/N-ethyl adjacent to an activating group) is 2. The lowest BCUT2D eigenvalue weighted by atomic mass is 10.2. The van der Waals surface area contributed by atoms with Gasteiger partial charge in [0.25, 0.3) is 0 Å². The maximum Gasteiger partial charge on any atom is 0.120 e. The molecule has 0 aromatic heterocycles. The summed E-state index contributed by atoms with van der Waals surface area (Å²) >= 11 is 0. The van der Waals surface area contributed by atoms with Crippen molar-refractivity contribution in [3.8, 4) is 17.6 Å². The summed E-state index contributed by atoms with van der Waals surface area (Å²) < 4.78 is 5.75. The molecule has 0 heterocycles. The van der Waals surface area contributed by atoms with Crippen molar-refractivity contribution in [1.29, 1.82) is 0 Å². The van der Waals surface area contributed by atoms with Crippen molar-refractivity contribution in [1.82, 2.24) is 9.80 Å². The van der Waals surface area contributed by atoms with E-state index in [4.69, 9.17) is 10.5 Å². The van der Waals surface area contributed by atoms with Gasteiger partial charge in [0.2, 0.25) is 0 Å². The number of hydrogen-bond donors (Lipinski definition) is 1. The molecular formula is C16H25N3O. The molecule has 0 atom stereocenters. The van der Waals surface area contributed by atoms with E-state index in [2.05, 4.69) is 42.8 Å². The molecule has 0 spiro atoms. The Morgan fingerprint density at radius 1 is 1.15 bits per heavy atom. The molecule has 2 N–H and O–H groups in total. The van der Waals surface area contributed by atoms with Gasteiger partial charge in [0, 0.05) is 25.2 Å². The third kappa shape index (κ3) is 7.15. The molecule has 110 valence electrons. The summed E-state index contributed by atoms with van der Waals surface area (Å²) in [5, 5.41) is 0. The molecule has 0 aliphatic heterocycles. The van der Waals surface area contributed by atoms with Crippen LogP contribution in [0.5, 0.6) is 5.75 Å². The average molecular weight is 275 g/mol.